The highest BCUT2D eigenvalue weighted by atomic mass is 16.2. The number of amides is 4. The highest BCUT2D eigenvalue weighted by Gasteiger charge is 2.30. The van der Waals surface area contributed by atoms with Crippen molar-refractivity contribution in [2.24, 2.45) is 11.5 Å². The molecular formula is C31H34N6O4. The van der Waals surface area contributed by atoms with Gasteiger partial charge in [0.15, 0.2) is 0 Å². The van der Waals surface area contributed by atoms with Gasteiger partial charge in [-0.3, -0.25) is 19.2 Å². The van der Waals surface area contributed by atoms with Crippen LogP contribution in [0.2, 0.25) is 0 Å². The van der Waals surface area contributed by atoms with Crippen LogP contribution in [0.1, 0.15) is 52.4 Å². The number of primary amides is 1. The van der Waals surface area contributed by atoms with E-state index in [1.165, 1.54) is 0 Å². The maximum Gasteiger partial charge on any atom is 0.251 e. The van der Waals surface area contributed by atoms with Crippen LogP contribution in [0.4, 0.5) is 0 Å². The molecule has 0 spiro atoms. The van der Waals surface area contributed by atoms with E-state index in [1.807, 2.05) is 0 Å². The van der Waals surface area contributed by atoms with Crippen LogP contribution in [-0.4, -0.2) is 42.3 Å². The Kier molecular flexibility index (Phi) is 11.6. The topological polar surface area (TPSA) is 180 Å². The van der Waals surface area contributed by atoms with Gasteiger partial charge in [0.05, 0.1) is 11.6 Å². The quantitative estimate of drug-likeness (QED) is 0.190. The molecule has 0 aliphatic rings. The van der Waals surface area contributed by atoms with Gasteiger partial charge in [0.25, 0.3) is 5.91 Å². The van der Waals surface area contributed by atoms with Gasteiger partial charge in [-0.25, -0.2) is 0 Å². The molecule has 4 amide bonds. The summed E-state index contributed by atoms with van der Waals surface area (Å²) in [6.45, 7) is 0.404. The Balaban J connectivity index is 1.84. The number of unbranched alkanes of at least 4 members (excludes halogenated alkanes) is 1. The minimum atomic E-state index is -1.10. The van der Waals surface area contributed by atoms with E-state index in [2.05, 4.69) is 22.0 Å². The van der Waals surface area contributed by atoms with Crippen molar-refractivity contribution in [1.82, 2.24) is 16.0 Å². The lowest BCUT2D eigenvalue weighted by atomic mass is 10.0. The number of hydrogen-bond acceptors (Lipinski definition) is 6. The third-order valence-electron chi connectivity index (χ3n) is 6.44. The first-order chi connectivity index (χ1) is 19.8. The molecule has 3 atom stereocenters. The lowest BCUT2D eigenvalue weighted by Gasteiger charge is -2.25. The summed E-state index contributed by atoms with van der Waals surface area (Å²) in [6, 6.07) is 22.6. The summed E-state index contributed by atoms with van der Waals surface area (Å²) < 4.78 is 0. The molecule has 0 aliphatic heterocycles. The average Bonchev–Trinajstić information content (AvgIpc) is 2.99. The lowest BCUT2D eigenvalue weighted by molar-refractivity contribution is -0.132. The molecule has 7 N–H and O–H groups in total. The maximum absolute atomic E-state index is 13.6. The first-order valence-electron chi connectivity index (χ1n) is 13.3. The predicted octanol–water partition coefficient (Wildman–Crippen LogP) is 1.86. The van der Waals surface area contributed by atoms with E-state index in [1.54, 1.807) is 84.9 Å². The molecule has 3 aromatic rings. The second-order valence-corrected chi connectivity index (χ2v) is 9.51. The summed E-state index contributed by atoms with van der Waals surface area (Å²) >= 11 is 0. The Labute approximate surface area is 239 Å². The fourth-order valence-electron chi connectivity index (χ4n) is 4.28. The molecule has 0 aliphatic carbocycles. The van der Waals surface area contributed by atoms with Gasteiger partial charge in [-0.15, -0.1) is 0 Å². The van der Waals surface area contributed by atoms with Crippen molar-refractivity contribution in [3.05, 3.63) is 107 Å². The van der Waals surface area contributed by atoms with Gasteiger partial charge >= 0.3 is 0 Å². The SMILES string of the molecule is N#Cc1cccc(C[C@H](NC(=O)c2ccccc2)C(=O)N[C@@H](CCCCN)C(=O)N[C@H](C(N)=O)c2ccccc2)c1. The molecule has 0 aromatic heterocycles. The zero-order valence-corrected chi connectivity index (χ0v) is 22.6. The average molecular weight is 555 g/mol. The fourth-order valence-corrected chi connectivity index (χ4v) is 4.28. The van der Waals surface area contributed by atoms with Gasteiger partial charge < -0.3 is 27.4 Å². The van der Waals surface area contributed by atoms with Crippen LogP contribution in [0, 0.1) is 11.3 Å². The Morgan fingerprint density at radius 3 is 2.07 bits per heavy atom. The highest BCUT2D eigenvalue weighted by Crippen LogP contribution is 2.14. The van der Waals surface area contributed by atoms with Crippen LogP contribution in [0.15, 0.2) is 84.9 Å². The number of nitrogens with one attached hydrogen (secondary N) is 3. The standard InChI is InChI=1S/C31H34N6O4/c32-17-8-7-16-25(30(40)37-27(28(34)38)23-12-3-1-4-13-23)35-31(41)26(19-21-10-9-11-22(18-21)20-33)36-29(39)24-14-5-2-6-15-24/h1-6,9-15,18,25-27H,7-8,16-17,19,32H2,(H2,34,38)(H,35,41)(H,36,39)(H,37,40)/t25-,26-,27-/m0/s1. The Bertz CT molecular complexity index is 1370. The number of carbonyl (C=O) groups is 4. The molecular weight excluding hydrogens is 520 g/mol. The van der Waals surface area contributed by atoms with Crippen molar-refractivity contribution in [2.45, 2.75) is 43.8 Å². The molecule has 212 valence electrons. The van der Waals surface area contributed by atoms with Crippen LogP contribution >= 0.6 is 0 Å². The third-order valence-corrected chi connectivity index (χ3v) is 6.44. The van der Waals surface area contributed by atoms with E-state index in [0.29, 0.717) is 41.6 Å². The number of nitriles is 1. The minimum Gasteiger partial charge on any atom is -0.368 e. The van der Waals surface area contributed by atoms with Gasteiger partial charge in [-0.1, -0.05) is 60.7 Å². The van der Waals surface area contributed by atoms with E-state index >= 15 is 0 Å². The van der Waals surface area contributed by atoms with Crippen LogP contribution in [0.25, 0.3) is 0 Å². The van der Waals surface area contributed by atoms with E-state index in [9.17, 15) is 24.4 Å². The van der Waals surface area contributed by atoms with Crippen LogP contribution in [0.5, 0.6) is 0 Å². The number of carbonyl (C=O) groups excluding carboxylic acids is 4. The van der Waals surface area contributed by atoms with E-state index in [4.69, 9.17) is 11.5 Å². The Morgan fingerprint density at radius 2 is 1.44 bits per heavy atom. The molecule has 41 heavy (non-hydrogen) atoms. The smallest absolute Gasteiger partial charge is 0.251 e. The van der Waals surface area contributed by atoms with Crippen molar-refractivity contribution < 1.29 is 19.2 Å². The maximum atomic E-state index is 13.6. The van der Waals surface area contributed by atoms with Gasteiger partial charge in [-0.2, -0.15) is 5.26 Å². The van der Waals surface area contributed by atoms with Crippen molar-refractivity contribution in [3.8, 4) is 6.07 Å². The monoisotopic (exact) mass is 554 g/mol. The van der Waals surface area contributed by atoms with Crippen LogP contribution < -0.4 is 27.4 Å². The molecule has 3 rings (SSSR count). The second-order valence-electron chi connectivity index (χ2n) is 9.51. The van der Waals surface area contributed by atoms with E-state index in [-0.39, 0.29) is 12.8 Å². The summed E-state index contributed by atoms with van der Waals surface area (Å²) in [4.78, 5) is 52.2. The Morgan fingerprint density at radius 1 is 0.780 bits per heavy atom. The summed E-state index contributed by atoms with van der Waals surface area (Å²) in [5.41, 5.74) is 13.1. The van der Waals surface area contributed by atoms with Crippen molar-refractivity contribution in [3.63, 3.8) is 0 Å². The largest absolute Gasteiger partial charge is 0.368 e. The van der Waals surface area contributed by atoms with Gasteiger partial charge in [0.2, 0.25) is 17.7 Å². The first-order valence-corrected chi connectivity index (χ1v) is 13.3. The zero-order chi connectivity index (χ0) is 29.6. The normalized spacial score (nSPS) is 12.7. The zero-order valence-electron chi connectivity index (χ0n) is 22.6. The predicted molar refractivity (Wildman–Crippen MR) is 154 cm³/mol. The van der Waals surface area contributed by atoms with Gasteiger partial charge in [-0.05, 0) is 61.2 Å². The van der Waals surface area contributed by atoms with E-state index in [0.717, 1.165) is 0 Å². The van der Waals surface area contributed by atoms with Gasteiger partial charge in [0, 0.05) is 12.0 Å². The minimum absolute atomic E-state index is 0.0744. The third kappa shape index (κ3) is 9.30. The van der Waals surface area contributed by atoms with Crippen molar-refractivity contribution >= 4 is 23.6 Å². The number of nitrogens with zero attached hydrogens (tertiary/aromatic N) is 1. The number of hydrogen-bond donors (Lipinski definition) is 5. The molecule has 3 aromatic carbocycles. The fraction of sp³-hybridized carbons (Fsp3) is 0.258. The molecule has 0 unspecified atom stereocenters. The van der Waals surface area contributed by atoms with Crippen molar-refractivity contribution in [2.75, 3.05) is 6.54 Å². The first kappa shape index (κ1) is 30.5. The summed E-state index contributed by atoms with van der Waals surface area (Å²) in [7, 11) is 0. The highest BCUT2D eigenvalue weighted by molar-refractivity contribution is 5.98. The van der Waals surface area contributed by atoms with Crippen LogP contribution in [-0.2, 0) is 20.8 Å². The molecule has 0 saturated heterocycles. The molecule has 0 radical (unpaired) electrons. The van der Waals surface area contributed by atoms with Crippen molar-refractivity contribution in [1.29, 1.82) is 5.26 Å². The van der Waals surface area contributed by atoms with Crippen LogP contribution in [0.3, 0.4) is 0 Å². The molecule has 0 bridgehead atoms. The lowest BCUT2D eigenvalue weighted by Crippen LogP contribution is -2.55. The number of nitrogens with two attached hydrogens (primary N) is 2. The molecule has 0 saturated carbocycles. The molecule has 0 fully saturated rings. The summed E-state index contributed by atoms with van der Waals surface area (Å²) in [6.07, 6.45) is 1.47. The summed E-state index contributed by atoms with van der Waals surface area (Å²) in [5.74, 6) is -2.41. The second kappa shape index (κ2) is 15.5. The number of rotatable bonds is 14. The number of benzene rings is 3. The Hall–Kier alpha value is -5.01. The van der Waals surface area contributed by atoms with E-state index < -0.39 is 41.8 Å². The summed E-state index contributed by atoms with van der Waals surface area (Å²) in [5, 5.41) is 17.5. The molecule has 0 heterocycles. The molecule has 10 heteroatoms. The van der Waals surface area contributed by atoms with Gasteiger partial charge in [0.1, 0.15) is 18.1 Å². The molecule has 10 nitrogen and oxygen atoms in total.